The Labute approximate surface area is 127 Å². The van der Waals surface area contributed by atoms with E-state index in [0.29, 0.717) is 13.0 Å². The van der Waals surface area contributed by atoms with Crippen molar-refractivity contribution >= 4 is 15.7 Å². The Balaban J connectivity index is 1.89. The zero-order chi connectivity index (χ0) is 16.2. The van der Waals surface area contributed by atoms with Crippen molar-refractivity contribution in [1.29, 1.82) is 0 Å². The largest absolute Gasteiger partial charge is 0.350 e. The number of sulfone groups is 1. The third-order valence-corrected chi connectivity index (χ3v) is 4.09. The Kier molecular flexibility index (Phi) is 4.71. The van der Waals surface area contributed by atoms with E-state index in [0.717, 1.165) is 11.8 Å². The summed E-state index contributed by atoms with van der Waals surface area (Å²) >= 11 is 0. The van der Waals surface area contributed by atoms with Crippen molar-refractivity contribution in [2.75, 3.05) is 12.8 Å². The number of amides is 1. The van der Waals surface area contributed by atoms with Gasteiger partial charge in [-0.2, -0.15) is 5.10 Å². The Morgan fingerprint density at radius 3 is 2.41 bits per heavy atom. The van der Waals surface area contributed by atoms with E-state index in [1.807, 2.05) is 0 Å². The molecule has 1 amide bonds. The first-order chi connectivity index (χ1) is 10.4. The van der Waals surface area contributed by atoms with E-state index in [1.165, 1.54) is 24.3 Å². The van der Waals surface area contributed by atoms with Crippen LogP contribution in [0.3, 0.4) is 0 Å². The molecule has 0 fully saturated rings. The number of hydrogen-bond acceptors (Lipinski definition) is 5. The van der Waals surface area contributed by atoms with Crippen molar-refractivity contribution in [2.24, 2.45) is 0 Å². The van der Waals surface area contributed by atoms with Gasteiger partial charge in [0, 0.05) is 18.9 Å². The van der Waals surface area contributed by atoms with Crippen molar-refractivity contribution < 1.29 is 13.2 Å². The summed E-state index contributed by atoms with van der Waals surface area (Å²) in [4.78, 5) is 22.9. The highest BCUT2D eigenvalue weighted by Crippen LogP contribution is 2.10. The van der Waals surface area contributed by atoms with Crippen LogP contribution in [0, 0.1) is 0 Å². The first-order valence-corrected chi connectivity index (χ1v) is 8.38. The predicted octanol–water partition coefficient (Wildman–Crippen LogP) is 0.146. The highest BCUT2D eigenvalue weighted by atomic mass is 32.2. The minimum Gasteiger partial charge on any atom is -0.350 e. The van der Waals surface area contributed by atoms with Crippen LogP contribution >= 0.6 is 0 Å². The molecule has 0 saturated heterocycles. The summed E-state index contributed by atoms with van der Waals surface area (Å²) in [5.41, 5.74) is 0.664. The van der Waals surface area contributed by atoms with Gasteiger partial charge in [0.25, 0.3) is 11.5 Å². The molecule has 0 atom stereocenters. The third kappa shape index (κ3) is 4.26. The number of nitrogens with one attached hydrogen (secondary N) is 2. The van der Waals surface area contributed by atoms with Gasteiger partial charge in [-0.05, 0) is 30.2 Å². The Morgan fingerprint density at radius 1 is 1.18 bits per heavy atom. The number of carbonyl (C=O) groups is 1. The molecule has 2 N–H and O–H groups in total. The molecule has 7 nitrogen and oxygen atoms in total. The lowest BCUT2D eigenvalue weighted by Crippen LogP contribution is -2.27. The normalized spacial score (nSPS) is 11.1. The van der Waals surface area contributed by atoms with Gasteiger partial charge in [0.15, 0.2) is 9.84 Å². The van der Waals surface area contributed by atoms with E-state index in [1.54, 1.807) is 12.1 Å². The molecule has 0 saturated carbocycles. The lowest BCUT2D eigenvalue weighted by atomic mass is 10.1. The van der Waals surface area contributed by atoms with Gasteiger partial charge < -0.3 is 5.32 Å². The van der Waals surface area contributed by atoms with Gasteiger partial charge in [-0.3, -0.25) is 9.59 Å². The van der Waals surface area contributed by atoms with Gasteiger partial charge in [0.05, 0.1) is 4.90 Å². The van der Waals surface area contributed by atoms with Crippen molar-refractivity contribution in [3.8, 4) is 0 Å². The van der Waals surface area contributed by atoms with Crippen LogP contribution in [0.1, 0.15) is 16.1 Å². The number of aromatic amines is 1. The summed E-state index contributed by atoms with van der Waals surface area (Å²) in [6, 6.07) is 9.06. The van der Waals surface area contributed by atoms with Gasteiger partial charge in [0.1, 0.15) is 5.69 Å². The zero-order valence-electron chi connectivity index (χ0n) is 11.9. The molecule has 0 spiro atoms. The minimum atomic E-state index is -3.20. The summed E-state index contributed by atoms with van der Waals surface area (Å²) in [7, 11) is -3.20. The van der Waals surface area contributed by atoms with Crippen LogP contribution in [0.5, 0.6) is 0 Å². The topological polar surface area (TPSA) is 109 Å². The summed E-state index contributed by atoms with van der Waals surface area (Å²) in [6.07, 6.45) is 1.71. The van der Waals surface area contributed by atoms with E-state index in [-0.39, 0.29) is 22.1 Å². The number of rotatable bonds is 5. The number of benzene rings is 1. The van der Waals surface area contributed by atoms with Crippen molar-refractivity contribution in [3.63, 3.8) is 0 Å². The Hall–Kier alpha value is -2.48. The lowest BCUT2D eigenvalue weighted by molar-refractivity contribution is 0.0948. The van der Waals surface area contributed by atoms with Crippen LogP contribution in [-0.4, -0.2) is 37.3 Å². The SMILES string of the molecule is CS(=O)(=O)c1ccc(CCNC(=O)c2ccc(=O)[nH]n2)cc1. The number of H-pyrrole nitrogens is 1. The van der Waals surface area contributed by atoms with Gasteiger partial charge >= 0.3 is 0 Å². The summed E-state index contributed by atoms with van der Waals surface area (Å²) in [6.45, 7) is 0.373. The monoisotopic (exact) mass is 321 g/mol. The molecule has 1 aromatic heterocycles. The minimum absolute atomic E-state index is 0.132. The second kappa shape index (κ2) is 6.52. The smallest absolute Gasteiger partial charge is 0.271 e. The summed E-state index contributed by atoms with van der Waals surface area (Å²) < 4.78 is 22.7. The van der Waals surface area contributed by atoms with Gasteiger partial charge in [0.2, 0.25) is 0 Å². The number of carbonyl (C=O) groups excluding carboxylic acids is 1. The second-order valence-electron chi connectivity index (χ2n) is 4.73. The first kappa shape index (κ1) is 15.9. The second-order valence-corrected chi connectivity index (χ2v) is 6.74. The van der Waals surface area contributed by atoms with Gasteiger partial charge in [-0.25, -0.2) is 13.5 Å². The average molecular weight is 321 g/mol. The van der Waals surface area contributed by atoms with Crippen LogP contribution in [-0.2, 0) is 16.3 Å². The summed E-state index contributed by atoms with van der Waals surface area (Å²) in [5, 5.41) is 8.48. The molecule has 8 heteroatoms. The fourth-order valence-electron chi connectivity index (χ4n) is 1.79. The fourth-order valence-corrected chi connectivity index (χ4v) is 2.42. The maximum atomic E-state index is 11.8. The van der Waals surface area contributed by atoms with E-state index < -0.39 is 9.84 Å². The molecule has 0 aliphatic rings. The molecule has 0 unspecified atom stereocenters. The van der Waals surface area contributed by atoms with Crippen LogP contribution in [0.2, 0.25) is 0 Å². The number of hydrogen-bond donors (Lipinski definition) is 2. The molecule has 2 aromatic rings. The number of aromatic nitrogens is 2. The maximum absolute atomic E-state index is 11.8. The van der Waals surface area contributed by atoms with E-state index >= 15 is 0 Å². The molecule has 1 aromatic carbocycles. The molecule has 22 heavy (non-hydrogen) atoms. The molecular weight excluding hydrogens is 306 g/mol. The van der Waals surface area contributed by atoms with E-state index in [4.69, 9.17) is 0 Å². The fraction of sp³-hybridized carbons (Fsp3) is 0.214. The molecule has 0 bridgehead atoms. The number of nitrogens with zero attached hydrogens (tertiary/aromatic N) is 1. The predicted molar refractivity (Wildman–Crippen MR) is 80.4 cm³/mol. The van der Waals surface area contributed by atoms with Crippen LogP contribution in [0.4, 0.5) is 0 Å². The quantitative estimate of drug-likeness (QED) is 0.814. The zero-order valence-corrected chi connectivity index (χ0v) is 12.7. The van der Waals surface area contributed by atoms with Crippen LogP contribution in [0.25, 0.3) is 0 Å². The highest BCUT2D eigenvalue weighted by Gasteiger charge is 2.08. The Morgan fingerprint density at radius 2 is 1.86 bits per heavy atom. The highest BCUT2D eigenvalue weighted by molar-refractivity contribution is 7.90. The molecule has 1 heterocycles. The van der Waals surface area contributed by atoms with E-state index in [9.17, 15) is 18.0 Å². The summed E-state index contributed by atoms with van der Waals surface area (Å²) in [5.74, 6) is -0.385. The molecule has 0 radical (unpaired) electrons. The molecule has 0 aliphatic heterocycles. The molecule has 2 rings (SSSR count). The van der Waals surface area contributed by atoms with Crippen molar-refractivity contribution in [3.05, 3.63) is 58.0 Å². The lowest BCUT2D eigenvalue weighted by Gasteiger charge is -2.05. The van der Waals surface area contributed by atoms with E-state index in [2.05, 4.69) is 15.5 Å². The molecule has 0 aliphatic carbocycles. The molecule has 116 valence electrons. The van der Waals surface area contributed by atoms with Crippen LogP contribution in [0.15, 0.2) is 46.1 Å². The third-order valence-electron chi connectivity index (χ3n) is 2.96. The van der Waals surface area contributed by atoms with Crippen LogP contribution < -0.4 is 10.9 Å². The van der Waals surface area contributed by atoms with Gasteiger partial charge in [-0.15, -0.1) is 0 Å². The van der Waals surface area contributed by atoms with Gasteiger partial charge in [-0.1, -0.05) is 12.1 Å². The first-order valence-electron chi connectivity index (χ1n) is 6.49. The molecular formula is C14H15N3O4S. The standard InChI is InChI=1S/C14H15N3O4S/c1-22(20,21)11-4-2-10(3-5-11)8-9-15-14(19)12-6-7-13(18)17-16-12/h2-7H,8-9H2,1H3,(H,15,19)(H,17,18). The maximum Gasteiger partial charge on any atom is 0.271 e. The average Bonchev–Trinajstić information content (AvgIpc) is 2.47. The Bertz CT molecular complexity index is 805. The van der Waals surface area contributed by atoms with Crippen molar-refractivity contribution in [2.45, 2.75) is 11.3 Å². The van der Waals surface area contributed by atoms with Crippen molar-refractivity contribution in [1.82, 2.24) is 15.5 Å².